The van der Waals surface area contributed by atoms with Crippen LogP contribution in [0.25, 0.3) is 0 Å². The maximum atomic E-state index is 14.0. The minimum absolute atomic E-state index is 0.0294. The van der Waals surface area contributed by atoms with E-state index in [0.29, 0.717) is 43.8 Å². The highest BCUT2D eigenvalue weighted by Crippen LogP contribution is 2.29. The van der Waals surface area contributed by atoms with Crippen LogP contribution in [0.5, 0.6) is 5.75 Å². The molecular weight excluding hydrogens is 572 g/mol. The first-order chi connectivity index (χ1) is 22.4. The molecule has 7 nitrogen and oxygen atoms in total. The Labute approximate surface area is 276 Å². The molecule has 2 amide bonds. The maximum absolute atomic E-state index is 14.0. The Morgan fingerprint density at radius 2 is 1.52 bits per heavy atom. The molecule has 0 radical (unpaired) electrons. The van der Waals surface area contributed by atoms with Crippen LogP contribution in [0, 0.1) is 12.8 Å². The standard InChI is InChI=1S/C39H52N4O3/c1-31(2)41-21-11-22-43(38(45)30-46-36-16-8-5-9-17-36)39-32(3)12-10-15-35(39)29-42(27-26-41)37(44)28-34-19-24-40(25-20-34)23-18-33-13-6-4-7-14-33/h4-10,12-17,31,34H,11,18-30H2,1-3H3. The third kappa shape index (κ3) is 9.43. The van der Waals surface area contributed by atoms with E-state index in [0.717, 1.165) is 75.2 Å². The Balaban J connectivity index is 1.28. The quantitative estimate of drug-likeness (QED) is 0.284. The van der Waals surface area contributed by atoms with E-state index < -0.39 is 0 Å². The second-order valence-electron chi connectivity index (χ2n) is 13.3. The van der Waals surface area contributed by atoms with Crippen LogP contribution in [0.1, 0.15) is 56.2 Å². The molecule has 0 aromatic heterocycles. The average Bonchev–Trinajstić information content (AvgIpc) is 3.11. The topological polar surface area (TPSA) is 56.3 Å². The van der Waals surface area contributed by atoms with Crippen molar-refractivity contribution in [2.24, 2.45) is 5.92 Å². The highest BCUT2D eigenvalue weighted by Gasteiger charge is 2.28. The first kappa shape index (κ1) is 33.7. The Morgan fingerprint density at radius 1 is 0.804 bits per heavy atom. The molecule has 246 valence electrons. The molecule has 1 saturated heterocycles. The molecular formula is C39H52N4O3. The number of likely N-dealkylation sites (tertiary alicyclic amines) is 1. The lowest BCUT2D eigenvalue weighted by Crippen LogP contribution is -2.42. The van der Waals surface area contributed by atoms with Gasteiger partial charge in [-0.2, -0.15) is 0 Å². The number of carbonyl (C=O) groups is 2. The number of nitrogens with zero attached hydrogens (tertiary/aromatic N) is 4. The number of anilines is 1. The maximum Gasteiger partial charge on any atom is 0.264 e. The smallest absolute Gasteiger partial charge is 0.264 e. The normalized spacial score (nSPS) is 17.4. The minimum atomic E-state index is -0.0633. The summed E-state index contributed by atoms with van der Waals surface area (Å²) in [5.41, 5.74) is 4.37. The SMILES string of the molecule is Cc1cccc2c1N(C(=O)COc1ccccc1)CCCN(C(C)C)CCN(C(=O)CC1CCN(CCc3ccccc3)CC1)C2. The summed E-state index contributed by atoms with van der Waals surface area (Å²) in [6, 6.07) is 26.8. The Kier molecular flexibility index (Phi) is 12.3. The molecule has 0 spiro atoms. The number of rotatable bonds is 9. The summed E-state index contributed by atoms with van der Waals surface area (Å²) in [5.74, 6) is 1.25. The Morgan fingerprint density at radius 3 is 2.24 bits per heavy atom. The molecule has 0 atom stereocenters. The predicted molar refractivity (Wildman–Crippen MR) is 186 cm³/mol. The molecule has 0 aliphatic carbocycles. The van der Waals surface area contributed by atoms with E-state index in [1.165, 1.54) is 5.56 Å². The van der Waals surface area contributed by atoms with Crippen LogP contribution >= 0.6 is 0 Å². The van der Waals surface area contributed by atoms with Gasteiger partial charge in [-0.3, -0.25) is 14.5 Å². The number of amides is 2. The van der Waals surface area contributed by atoms with E-state index in [2.05, 4.69) is 77.9 Å². The van der Waals surface area contributed by atoms with Gasteiger partial charge in [0.2, 0.25) is 5.91 Å². The summed E-state index contributed by atoms with van der Waals surface area (Å²) in [4.78, 5) is 36.8. The van der Waals surface area contributed by atoms with Crippen molar-refractivity contribution in [2.75, 3.05) is 57.3 Å². The third-order valence-corrected chi connectivity index (χ3v) is 9.66. The summed E-state index contributed by atoms with van der Waals surface area (Å²) in [7, 11) is 0. The zero-order valence-corrected chi connectivity index (χ0v) is 28.1. The minimum Gasteiger partial charge on any atom is -0.484 e. The third-order valence-electron chi connectivity index (χ3n) is 9.66. The predicted octanol–water partition coefficient (Wildman–Crippen LogP) is 6.19. The first-order valence-corrected chi connectivity index (χ1v) is 17.2. The molecule has 2 aliphatic rings. The number of aryl methyl sites for hydroxylation is 1. The van der Waals surface area contributed by atoms with E-state index in [-0.39, 0.29) is 18.4 Å². The van der Waals surface area contributed by atoms with Gasteiger partial charge in [-0.25, -0.2) is 0 Å². The van der Waals surface area contributed by atoms with E-state index >= 15 is 0 Å². The number of hydrogen-bond donors (Lipinski definition) is 0. The van der Waals surface area contributed by atoms with Crippen LogP contribution in [0.15, 0.2) is 78.9 Å². The Bertz CT molecular complexity index is 1390. The zero-order valence-electron chi connectivity index (χ0n) is 28.1. The molecule has 2 heterocycles. The molecule has 46 heavy (non-hydrogen) atoms. The van der Waals surface area contributed by atoms with E-state index in [1.807, 2.05) is 41.3 Å². The van der Waals surface area contributed by atoms with Gasteiger partial charge in [0.05, 0.1) is 5.69 Å². The molecule has 2 aliphatic heterocycles. The fourth-order valence-electron chi connectivity index (χ4n) is 6.86. The summed E-state index contributed by atoms with van der Waals surface area (Å²) >= 11 is 0. The fraction of sp³-hybridized carbons (Fsp3) is 0.487. The van der Waals surface area contributed by atoms with Crippen molar-refractivity contribution >= 4 is 17.5 Å². The van der Waals surface area contributed by atoms with Crippen LogP contribution in [0.2, 0.25) is 0 Å². The number of benzene rings is 3. The highest BCUT2D eigenvalue weighted by molar-refractivity contribution is 5.96. The number of ether oxygens (including phenoxy) is 1. The van der Waals surface area contributed by atoms with Crippen molar-refractivity contribution in [3.63, 3.8) is 0 Å². The molecule has 0 bridgehead atoms. The second kappa shape index (κ2) is 16.8. The van der Waals surface area contributed by atoms with E-state index in [9.17, 15) is 9.59 Å². The lowest BCUT2D eigenvalue weighted by molar-refractivity contribution is -0.133. The Hall–Kier alpha value is -3.68. The summed E-state index contributed by atoms with van der Waals surface area (Å²) in [6.45, 7) is 13.1. The molecule has 3 aromatic carbocycles. The number of carbonyl (C=O) groups excluding carboxylic acids is 2. The van der Waals surface area contributed by atoms with E-state index in [4.69, 9.17) is 4.74 Å². The second-order valence-corrected chi connectivity index (χ2v) is 13.3. The van der Waals surface area contributed by atoms with Crippen molar-refractivity contribution in [3.8, 4) is 5.75 Å². The van der Waals surface area contributed by atoms with Gasteiger partial charge < -0.3 is 19.4 Å². The largest absolute Gasteiger partial charge is 0.484 e. The summed E-state index contributed by atoms with van der Waals surface area (Å²) in [6.07, 6.45) is 4.63. The van der Waals surface area contributed by atoms with Gasteiger partial charge >= 0.3 is 0 Å². The number of hydrogen-bond acceptors (Lipinski definition) is 5. The van der Waals surface area contributed by atoms with Crippen molar-refractivity contribution < 1.29 is 14.3 Å². The van der Waals surface area contributed by atoms with Gasteiger partial charge in [0.15, 0.2) is 6.61 Å². The monoisotopic (exact) mass is 624 g/mol. The van der Waals surface area contributed by atoms with Crippen molar-refractivity contribution in [1.29, 1.82) is 0 Å². The molecule has 1 fully saturated rings. The van der Waals surface area contributed by atoms with Gasteiger partial charge in [0, 0.05) is 51.7 Å². The van der Waals surface area contributed by atoms with Crippen molar-refractivity contribution in [3.05, 3.63) is 95.6 Å². The summed E-state index contributed by atoms with van der Waals surface area (Å²) in [5, 5.41) is 0. The molecule has 0 saturated carbocycles. The highest BCUT2D eigenvalue weighted by atomic mass is 16.5. The van der Waals surface area contributed by atoms with Crippen LogP contribution in [0.3, 0.4) is 0 Å². The lowest BCUT2D eigenvalue weighted by Gasteiger charge is -2.34. The lowest BCUT2D eigenvalue weighted by atomic mass is 9.92. The van der Waals surface area contributed by atoms with Crippen molar-refractivity contribution in [1.82, 2.24) is 14.7 Å². The molecule has 0 N–H and O–H groups in total. The van der Waals surface area contributed by atoms with Gasteiger partial charge in [0.1, 0.15) is 5.75 Å². The number of para-hydroxylation sites is 2. The van der Waals surface area contributed by atoms with Crippen LogP contribution in [-0.2, 0) is 22.6 Å². The van der Waals surface area contributed by atoms with Gasteiger partial charge in [-0.05, 0) is 94.3 Å². The first-order valence-electron chi connectivity index (χ1n) is 17.2. The fourth-order valence-corrected chi connectivity index (χ4v) is 6.86. The van der Waals surface area contributed by atoms with Crippen molar-refractivity contribution in [2.45, 2.75) is 65.5 Å². The molecule has 7 heteroatoms. The molecule has 0 unspecified atom stereocenters. The van der Waals surface area contributed by atoms with Crippen LogP contribution in [-0.4, -0.2) is 85.0 Å². The van der Waals surface area contributed by atoms with Crippen LogP contribution in [0.4, 0.5) is 5.69 Å². The molecule has 3 aromatic rings. The van der Waals surface area contributed by atoms with Crippen LogP contribution < -0.4 is 9.64 Å². The average molecular weight is 625 g/mol. The summed E-state index contributed by atoms with van der Waals surface area (Å²) < 4.78 is 5.91. The number of fused-ring (bicyclic) bond motifs is 1. The van der Waals surface area contributed by atoms with E-state index in [1.54, 1.807) is 0 Å². The van der Waals surface area contributed by atoms with Gasteiger partial charge in [0.25, 0.3) is 5.91 Å². The van der Waals surface area contributed by atoms with Gasteiger partial charge in [-0.15, -0.1) is 0 Å². The number of piperidine rings is 1. The van der Waals surface area contributed by atoms with Gasteiger partial charge in [-0.1, -0.05) is 66.7 Å². The zero-order chi connectivity index (χ0) is 32.3. The molecule has 5 rings (SSSR count).